The zero-order valence-corrected chi connectivity index (χ0v) is 17.3. The number of hydrogen-bond donors (Lipinski definition) is 0. The van der Waals surface area contributed by atoms with Crippen molar-refractivity contribution in [1.82, 2.24) is 9.55 Å². The normalized spacial score (nSPS) is 13.9. The summed E-state index contributed by atoms with van der Waals surface area (Å²) in [7, 11) is 0. The highest BCUT2D eigenvalue weighted by Crippen LogP contribution is 2.34. The summed E-state index contributed by atoms with van der Waals surface area (Å²) in [4.78, 5) is 32.7. The first-order chi connectivity index (χ1) is 13.7. The number of hydrogen-bond acceptors (Lipinski definition) is 5. The number of allylic oxidation sites excluding steroid dienone is 1. The van der Waals surface area contributed by atoms with Crippen molar-refractivity contribution in [3.05, 3.63) is 69.3 Å². The van der Waals surface area contributed by atoms with Gasteiger partial charge in [0.05, 0.1) is 11.1 Å². The first-order valence-electron chi connectivity index (χ1n) is 9.56. The fraction of sp³-hybridized carbons (Fsp3) is 0.318. The third-order valence-electron chi connectivity index (χ3n) is 5.03. The number of carbonyl (C=O) groups excluding carboxylic acids is 1. The number of aromatic nitrogens is 2. The Morgan fingerprint density at radius 3 is 2.79 bits per heavy atom. The van der Waals surface area contributed by atoms with E-state index in [9.17, 15) is 9.59 Å². The molecule has 144 valence electrons. The number of thiophene rings is 1. The number of aryl methyl sites for hydroxylation is 2. The van der Waals surface area contributed by atoms with E-state index < -0.39 is 0 Å². The van der Waals surface area contributed by atoms with E-state index in [1.54, 1.807) is 22.0 Å². The predicted octanol–water partition coefficient (Wildman–Crippen LogP) is 4.89. The molecule has 28 heavy (non-hydrogen) atoms. The Morgan fingerprint density at radius 1 is 1.21 bits per heavy atom. The number of ketones is 1. The van der Waals surface area contributed by atoms with Gasteiger partial charge in [-0.05, 0) is 31.2 Å². The summed E-state index contributed by atoms with van der Waals surface area (Å²) in [5, 5.41) is 1.38. The van der Waals surface area contributed by atoms with Crippen LogP contribution in [-0.4, -0.2) is 21.1 Å². The van der Waals surface area contributed by atoms with Gasteiger partial charge >= 0.3 is 0 Å². The third kappa shape index (κ3) is 3.71. The highest BCUT2D eigenvalue weighted by molar-refractivity contribution is 7.99. The molecule has 1 aromatic carbocycles. The lowest BCUT2D eigenvalue weighted by atomic mass is 10.1. The lowest BCUT2D eigenvalue weighted by molar-refractivity contribution is 0.102. The van der Waals surface area contributed by atoms with Crippen LogP contribution in [0.2, 0.25) is 0 Å². The van der Waals surface area contributed by atoms with Gasteiger partial charge in [-0.25, -0.2) is 4.98 Å². The summed E-state index contributed by atoms with van der Waals surface area (Å²) in [6, 6.07) is 9.23. The van der Waals surface area contributed by atoms with Gasteiger partial charge in [-0.2, -0.15) is 0 Å². The van der Waals surface area contributed by atoms with Crippen LogP contribution in [0.3, 0.4) is 0 Å². The molecule has 0 saturated carbocycles. The van der Waals surface area contributed by atoms with Crippen LogP contribution in [0.5, 0.6) is 0 Å². The maximum atomic E-state index is 13.3. The Balaban J connectivity index is 1.71. The maximum Gasteiger partial charge on any atom is 0.263 e. The lowest BCUT2D eigenvalue weighted by Crippen LogP contribution is -2.23. The van der Waals surface area contributed by atoms with Crippen LogP contribution in [0.4, 0.5) is 0 Å². The molecule has 0 radical (unpaired) electrons. The summed E-state index contributed by atoms with van der Waals surface area (Å²) in [5.41, 5.74) is 1.88. The number of thioether (sulfide) groups is 1. The van der Waals surface area contributed by atoms with Gasteiger partial charge < -0.3 is 0 Å². The van der Waals surface area contributed by atoms with Crippen molar-refractivity contribution in [1.29, 1.82) is 0 Å². The zero-order valence-electron chi connectivity index (χ0n) is 15.6. The average molecular weight is 411 g/mol. The maximum absolute atomic E-state index is 13.3. The van der Waals surface area contributed by atoms with Crippen LogP contribution in [0, 0.1) is 0 Å². The SMILES string of the molecule is C=CCn1c(SCC(=O)c2ccccc2)nc2sc3c(c2c1=O)CCCCC3. The molecule has 0 aliphatic heterocycles. The highest BCUT2D eigenvalue weighted by Gasteiger charge is 2.21. The summed E-state index contributed by atoms with van der Waals surface area (Å²) in [5.74, 6) is 0.288. The van der Waals surface area contributed by atoms with Gasteiger partial charge in [0.25, 0.3) is 5.56 Å². The highest BCUT2D eigenvalue weighted by atomic mass is 32.2. The molecule has 4 nitrogen and oxygen atoms in total. The minimum absolute atomic E-state index is 0.000963. The molecule has 1 aliphatic carbocycles. The minimum atomic E-state index is -0.000963. The van der Waals surface area contributed by atoms with Crippen molar-refractivity contribution in [3.63, 3.8) is 0 Å². The standard InChI is InChI=1S/C22H22N2O2S2/c1-2-13-24-21(26)19-16-11-7-4-8-12-18(16)28-20(19)23-22(24)27-14-17(25)15-9-5-3-6-10-15/h2-3,5-6,9-10H,1,4,7-8,11-14H2. The van der Waals surface area contributed by atoms with Gasteiger partial charge in [-0.15, -0.1) is 17.9 Å². The fourth-order valence-corrected chi connectivity index (χ4v) is 5.84. The van der Waals surface area contributed by atoms with E-state index in [4.69, 9.17) is 4.98 Å². The van der Waals surface area contributed by atoms with Crippen LogP contribution in [0.25, 0.3) is 10.2 Å². The van der Waals surface area contributed by atoms with Crippen molar-refractivity contribution >= 4 is 39.1 Å². The molecule has 4 rings (SSSR count). The second-order valence-corrected chi connectivity index (χ2v) is 8.95. The Morgan fingerprint density at radius 2 is 2.00 bits per heavy atom. The van der Waals surface area contributed by atoms with E-state index in [-0.39, 0.29) is 17.1 Å². The molecule has 0 N–H and O–H groups in total. The van der Waals surface area contributed by atoms with Crippen LogP contribution in [0.1, 0.15) is 40.1 Å². The molecule has 0 amide bonds. The summed E-state index contributed by atoms with van der Waals surface area (Å²) < 4.78 is 1.66. The van der Waals surface area contributed by atoms with Crippen LogP contribution in [-0.2, 0) is 19.4 Å². The quantitative estimate of drug-likeness (QED) is 0.191. The van der Waals surface area contributed by atoms with Crippen molar-refractivity contribution in [2.75, 3.05) is 5.75 Å². The van der Waals surface area contributed by atoms with Crippen LogP contribution < -0.4 is 5.56 Å². The number of Topliss-reactive ketones (excluding diaryl/α,β-unsaturated/α-hetero) is 1. The van der Waals surface area contributed by atoms with Gasteiger partial charge in [0.15, 0.2) is 10.9 Å². The molecule has 0 saturated heterocycles. The molecule has 0 atom stereocenters. The number of fused-ring (bicyclic) bond motifs is 3. The number of carbonyl (C=O) groups is 1. The third-order valence-corrected chi connectivity index (χ3v) is 7.19. The van der Waals surface area contributed by atoms with Crippen molar-refractivity contribution in [3.8, 4) is 0 Å². The van der Waals surface area contributed by atoms with Gasteiger partial charge in [0.2, 0.25) is 0 Å². The van der Waals surface area contributed by atoms with Crippen molar-refractivity contribution in [2.45, 2.75) is 43.8 Å². The molecule has 0 bridgehead atoms. The van der Waals surface area contributed by atoms with E-state index in [0.29, 0.717) is 17.3 Å². The first-order valence-corrected chi connectivity index (χ1v) is 11.4. The van der Waals surface area contributed by atoms with E-state index in [1.807, 2.05) is 30.3 Å². The molecular weight excluding hydrogens is 388 g/mol. The van der Waals surface area contributed by atoms with Gasteiger partial charge in [0, 0.05) is 17.0 Å². The molecule has 2 aromatic heterocycles. The topological polar surface area (TPSA) is 52.0 Å². The van der Waals surface area contributed by atoms with Gasteiger partial charge in [0.1, 0.15) is 4.83 Å². The van der Waals surface area contributed by atoms with Crippen molar-refractivity contribution < 1.29 is 4.79 Å². The van der Waals surface area contributed by atoms with Crippen molar-refractivity contribution in [2.24, 2.45) is 0 Å². The molecular formula is C22H22N2O2S2. The summed E-state index contributed by atoms with van der Waals surface area (Å²) in [6.45, 7) is 4.19. The number of rotatable bonds is 6. The Bertz CT molecular complexity index is 1080. The van der Waals surface area contributed by atoms with E-state index in [2.05, 4.69) is 6.58 Å². The second-order valence-electron chi connectivity index (χ2n) is 6.92. The van der Waals surface area contributed by atoms with Crippen LogP contribution >= 0.6 is 23.1 Å². The molecule has 2 heterocycles. The first kappa shape index (κ1) is 19.2. The molecule has 3 aromatic rings. The molecule has 0 spiro atoms. The van der Waals surface area contributed by atoms with Gasteiger partial charge in [-0.1, -0.05) is 54.6 Å². The van der Waals surface area contributed by atoms with E-state index >= 15 is 0 Å². The Hall–Kier alpha value is -2.18. The van der Waals surface area contributed by atoms with Gasteiger partial charge in [-0.3, -0.25) is 14.2 Å². The average Bonchev–Trinajstić information content (AvgIpc) is 2.90. The van der Waals surface area contributed by atoms with E-state index in [0.717, 1.165) is 29.5 Å². The largest absolute Gasteiger partial charge is 0.293 e. The fourth-order valence-electron chi connectivity index (χ4n) is 3.63. The molecule has 6 heteroatoms. The molecule has 0 unspecified atom stereocenters. The lowest BCUT2D eigenvalue weighted by Gasteiger charge is -2.10. The second kappa shape index (κ2) is 8.45. The zero-order chi connectivity index (χ0) is 19.5. The number of benzene rings is 1. The minimum Gasteiger partial charge on any atom is -0.293 e. The predicted molar refractivity (Wildman–Crippen MR) is 117 cm³/mol. The monoisotopic (exact) mass is 410 g/mol. The Kier molecular flexibility index (Phi) is 5.78. The Labute approximate surface area is 172 Å². The molecule has 0 fully saturated rings. The number of nitrogens with zero attached hydrogens (tertiary/aromatic N) is 2. The van der Waals surface area contributed by atoms with E-state index in [1.165, 1.54) is 35.0 Å². The van der Waals surface area contributed by atoms with Crippen LogP contribution in [0.15, 0.2) is 52.9 Å². The smallest absolute Gasteiger partial charge is 0.263 e. The molecule has 1 aliphatic rings. The summed E-state index contributed by atoms with van der Waals surface area (Å²) >= 11 is 2.98. The summed E-state index contributed by atoms with van der Waals surface area (Å²) in [6.07, 6.45) is 7.22.